The van der Waals surface area contributed by atoms with Crippen molar-refractivity contribution in [2.24, 2.45) is 5.92 Å². The number of aryl methyl sites for hydroxylation is 1. The first-order valence-corrected chi connectivity index (χ1v) is 10.4. The van der Waals surface area contributed by atoms with Crippen LogP contribution in [0.5, 0.6) is 5.75 Å². The lowest BCUT2D eigenvalue weighted by Crippen LogP contribution is -2.51. The van der Waals surface area contributed by atoms with E-state index in [-0.39, 0.29) is 5.91 Å². The normalized spacial score (nSPS) is 23.1. The Bertz CT molecular complexity index is 783. The average Bonchev–Trinajstić information content (AvgIpc) is 3.14. The van der Waals surface area contributed by atoms with E-state index in [9.17, 15) is 4.79 Å². The number of benzene rings is 1. The van der Waals surface area contributed by atoms with Gasteiger partial charge in [-0.2, -0.15) is 0 Å². The number of hydrogen-bond acceptors (Lipinski definition) is 3. The fourth-order valence-electron chi connectivity index (χ4n) is 4.95. The van der Waals surface area contributed by atoms with Crippen LogP contribution in [0.15, 0.2) is 30.5 Å². The Morgan fingerprint density at radius 3 is 2.96 bits per heavy atom. The Kier molecular flexibility index (Phi) is 5.67. The number of carbonyl (C=O) groups is 1. The number of piperidine rings is 2. The van der Waals surface area contributed by atoms with Crippen LogP contribution >= 0.6 is 0 Å². The summed E-state index contributed by atoms with van der Waals surface area (Å²) in [4.78, 5) is 15.1. The first-order chi connectivity index (χ1) is 13.3. The van der Waals surface area contributed by atoms with Gasteiger partial charge < -0.3 is 19.5 Å². The summed E-state index contributed by atoms with van der Waals surface area (Å²) in [6.07, 6.45) is 9.05. The molecular formula is C22H31N3O2. The van der Waals surface area contributed by atoms with Gasteiger partial charge in [0, 0.05) is 37.1 Å². The van der Waals surface area contributed by atoms with Crippen LogP contribution in [0.1, 0.15) is 38.5 Å². The van der Waals surface area contributed by atoms with E-state index in [0.717, 1.165) is 23.2 Å². The number of para-hydroxylation sites is 1. The van der Waals surface area contributed by atoms with Crippen LogP contribution in [-0.4, -0.2) is 48.2 Å². The molecule has 0 spiro atoms. The highest BCUT2D eigenvalue weighted by Crippen LogP contribution is 2.30. The third kappa shape index (κ3) is 3.98. The Morgan fingerprint density at radius 1 is 1.19 bits per heavy atom. The lowest BCUT2D eigenvalue weighted by molar-refractivity contribution is -0.121. The SMILES string of the molecule is COc1cccc2ccn(CCC(=O)NC[C@H]3CCCN4CCCC[C@@H]34)c12. The topological polar surface area (TPSA) is 46.5 Å². The maximum absolute atomic E-state index is 12.5. The number of hydrogen-bond donors (Lipinski definition) is 1. The fourth-order valence-corrected chi connectivity index (χ4v) is 4.95. The van der Waals surface area contributed by atoms with Gasteiger partial charge in [0.2, 0.25) is 5.91 Å². The Balaban J connectivity index is 1.31. The minimum atomic E-state index is 0.152. The summed E-state index contributed by atoms with van der Waals surface area (Å²) in [5.74, 6) is 1.63. The maximum Gasteiger partial charge on any atom is 0.221 e. The number of nitrogens with zero attached hydrogens (tertiary/aromatic N) is 2. The molecule has 27 heavy (non-hydrogen) atoms. The predicted molar refractivity (Wildman–Crippen MR) is 108 cm³/mol. The van der Waals surface area contributed by atoms with Crippen molar-refractivity contribution in [1.82, 2.24) is 14.8 Å². The molecule has 1 aromatic heterocycles. The lowest BCUT2D eigenvalue weighted by Gasteiger charge is -2.44. The molecule has 0 radical (unpaired) electrons. The highest BCUT2D eigenvalue weighted by atomic mass is 16.5. The predicted octanol–water partition coefficient (Wildman–Crippen LogP) is 3.42. The van der Waals surface area contributed by atoms with Crippen molar-refractivity contribution in [3.8, 4) is 5.75 Å². The Hall–Kier alpha value is -2.01. The van der Waals surface area contributed by atoms with Crippen molar-refractivity contribution < 1.29 is 9.53 Å². The molecule has 0 unspecified atom stereocenters. The Morgan fingerprint density at radius 2 is 2.07 bits per heavy atom. The molecule has 1 N–H and O–H groups in total. The van der Waals surface area contributed by atoms with Crippen LogP contribution in [-0.2, 0) is 11.3 Å². The first-order valence-electron chi connectivity index (χ1n) is 10.4. The van der Waals surface area contributed by atoms with Crippen molar-refractivity contribution in [2.45, 2.75) is 51.1 Å². The van der Waals surface area contributed by atoms with E-state index in [4.69, 9.17) is 4.74 Å². The highest BCUT2D eigenvalue weighted by Gasteiger charge is 2.32. The van der Waals surface area contributed by atoms with Gasteiger partial charge in [-0.3, -0.25) is 4.79 Å². The summed E-state index contributed by atoms with van der Waals surface area (Å²) in [7, 11) is 1.69. The Labute approximate surface area is 161 Å². The highest BCUT2D eigenvalue weighted by molar-refractivity contribution is 5.86. The molecule has 1 amide bonds. The quantitative estimate of drug-likeness (QED) is 0.849. The standard InChI is InChI=1S/C22H31N3O2/c1-27-20-9-4-6-17-10-14-25(22(17)20)15-11-21(26)23-16-18-7-5-13-24-12-3-2-8-19(18)24/h4,6,9-10,14,18-19H,2-3,5,7-8,11-13,15-16H2,1H3,(H,23,26)/t18-,19+/m1/s1. The molecular weight excluding hydrogens is 338 g/mol. The van der Waals surface area contributed by atoms with Crippen LogP contribution in [0.2, 0.25) is 0 Å². The van der Waals surface area contributed by atoms with Crippen molar-refractivity contribution in [3.63, 3.8) is 0 Å². The van der Waals surface area contributed by atoms with Crippen LogP contribution in [0.4, 0.5) is 0 Å². The molecule has 2 saturated heterocycles. The van der Waals surface area contributed by atoms with Crippen molar-refractivity contribution in [2.75, 3.05) is 26.7 Å². The molecule has 0 aliphatic carbocycles. The molecule has 146 valence electrons. The monoisotopic (exact) mass is 369 g/mol. The number of ether oxygens (including phenoxy) is 1. The average molecular weight is 370 g/mol. The maximum atomic E-state index is 12.5. The first kappa shape index (κ1) is 18.4. The molecule has 5 nitrogen and oxygen atoms in total. The smallest absolute Gasteiger partial charge is 0.221 e. The summed E-state index contributed by atoms with van der Waals surface area (Å²) in [6.45, 7) is 4.00. The van der Waals surface area contributed by atoms with Gasteiger partial charge in [-0.1, -0.05) is 18.6 Å². The summed E-state index contributed by atoms with van der Waals surface area (Å²) < 4.78 is 7.61. The van der Waals surface area contributed by atoms with Crippen molar-refractivity contribution >= 4 is 16.8 Å². The molecule has 0 saturated carbocycles. The summed E-state index contributed by atoms with van der Waals surface area (Å²) in [5.41, 5.74) is 1.07. The molecule has 2 aromatic rings. The van der Waals surface area contributed by atoms with Gasteiger partial charge in [-0.25, -0.2) is 0 Å². The van der Waals surface area contributed by atoms with E-state index < -0.39 is 0 Å². The molecule has 2 aliphatic rings. The summed E-state index contributed by atoms with van der Waals surface area (Å²) >= 11 is 0. The van der Waals surface area contributed by atoms with Crippen molar-refractivity contribution in [1.29, 1.82) is 0 Å². The molecule has 0 bridgehead atoms. The number of nitrogens with one attached hydrogen (secondary N) is 1. The van der Waals surface area contributed by atoms with Crippen LogP contribution in [0, 0.1) is 5.92 Å². The van der Waals surface area contributed by atoms with Gasteiger partial charge in [0.15, 0.2) is 0 Å². The molecule has 2 aliphatic heterocycles. The van der Waals surface area contributed by atoms with Gasteiger partial charge >= 0.3 is 0 Å². The molecule has 4 rings (SSSR count). The molecule has 3 heterocycles. The second-order valence-corrected chi connectivity index (χ2v) is 7.96. The third-order valence-electron chi connectivity index (χ3n) is 6.34. The van der Waals surface area contributed by atoms with Crippen LogP contribution in [0.25, 0.3) is 10.9 Å². The summed E-state index contributed by atoms with van der Waals surface area (Å²) in [5, 5.41) is 4.36. The second kappa shape index (κ2) is 8.34. The third-order valence-corrected chi connectivity index (χ3v) is 6.34. The van der Waals surface area contributed by atoms with E-state index in [1.807, 2.05) is 18.3 Å². The zero-order chi connectivity index (χ0) is 18.6. The van der Waals surface area contributed by atoms with Gasteiger partial charge in [0.1, 0.15) is 5.75 Å². The number of amides is 1. The number of methoxy groups -OCH3 is 1. The van der Waals surface area contributed by atoms with Crippen LogP contribution < -0.4 is 10.1 Å². The number of fused-ring (bicyclic) bond motifs is 2. The van der Waals surface area contributed by atoms with Gasteiger partial charge in [0.05, 0.1) is 12.6 Å². The fraction of sp³-hybridized carbons (Fsp3) is 0.591. The van der Waals surface area contributed by atoms with Crippen molar-refractivity contribution in [3.05, 3.63) is 30.5 Å². The zero-order valence-electron chi connectivity index (χ0n) is 16.3. The second-order valence-electron chi connectivity index (χ2n) is 7.96. The minimum absolute atomic E-state index is 0.152. The molecule has 2 fully saturated rings. The zero-order valence-corrected chi connectivity index (χ0v) is 16.3. The molecule has 1 aromatic carbocycles. The summed E-state index contributed by atoms with van der Waals surface area (Å²) in [6, 6.07) is 8.81. The largest absolute Gasteiger partial charge is 0.495 e. The van der Waals surface area contributed by atoms with Gasteiger partial charge in [-0.05, 0) is 56.8 Å². The van der Waals surface area contributed by atoms with Crippen LogP contribution in [0.3, 0.4) is 0 Å². The van der Waals surface area contributed by atoms with Gasteiger partial charge in [-0.15, -0.1) is 0 Å². The number of aromatic nitrogens is 1. The van der Waals surface area contributed by atoms with E-state index in [1.54, 1.807) is 7.11 Å². The number of rotatable bonds is 6. The molecule has 5 heteroatoms. The molecule has 2 atom stereocenters. The lowest BCUT2D eigenvalue weighted by atomic mass is 9.83. The van der Waals surface area contributed by atoms with E-state index in [0.29, 0.717) is 24.9 Å². The van der Waals surface area contributed by atoms with E-state index >= 15 is 0 Å². The van der Waals surface area contributed by atoms with E-state index in [2.05, 4.69) is 26.9 Å². The van der Waals surface area contributed by atoms with E-state index in [1.165, 1.54) is 45.2 Å². The number of carbonyl (C=O) groups excluding carboxylic acids is 1. The minimum Gasteiger partial charge on any atom is -0.495 e. The van der Waals surface area contributed by atoms with Gasteiger partial charge in [0.25, 0.3) is 0 Å².